The maximum atomic E-state index is 11.4. The minimum absolute atomic E-state index is 0.354. The van der Waals surface area contributed by atoms with E-state index in [2.05, 4.69) is 20.0 Å². The molecule has 0 aliphatic heterocycles. The van der Waals surface area contributed by atoms with E-state index in [9.17, 15) is 4.79 Å². The zero-order chi connectivity index (χ0) is 19.9. The number of rotatable bonds is 7. The summed E-state index contributed by atoms with van der Waals surface area (Å²) < 4.78 is 12.5. The molecule has 0 amide bonds. The Kier molecular flexibility index (Phi) is 6.33. The summed E-state index contributed by atoms with van der Waals surface area (Å²) in [4.78, 5) is 11.4. The summed E-state index contributed by atoms with van der Waals surface area (Å²) in [6, 6.07) is 14.7. The van der Waals surface area contributed by atoms with Crippen molar-refractivity contribution in [1.82, 2.24) is 14.9 Å². The quantitative estimate of drug-likeness (QED) is 0.374. The Hall–Kier alpha value is -3.26. The van der Waals surface area contributed by atoms with Gasteiger partial charge in [-0.3, -0.25) is 5.10 Å². The largest absolute Gasteiger partial charge is 0.489 e. The molecule has 28 heavy (non-hydrogen) atoms. The molecule has 0 bridgehead atoms. The van der Waals surface area contributed by atoms with Crippen LogP contribution >= 0.6 is 12.2 Å². The van der Waals surface area contributed by atoms with Crippen molar-refractivity contribution in [3.8, 4) is 5.75 Å². The maximum absolute atomic E-state index is 11.4. The van der Waals surface area contributed by atoms with E-state index in [-0.39, 0.29) is 5.97 Å². The molecule has 1 heterocycles. The highest BCUT2D eigenvalue weighted by atomic mass is 32.1. The van der Waals surface area contributed by atoms with Gasteiger partial charge in [0, 0.05) is 6.42 Å². The van der Waals surface area contributed by atoms with Crippen LogP contribution in [0.4, 0.5) is 0 Å². The van der Waals surface area contributed by atoms with Crippen LogP contribution in [-0.2, 0) is 17.8 Å². The first-order valence-corrected chi connectivity index (χ1v) is 9.12. The molecule has 2 aromatic carbocycles. The number of carbonyl (C=O) groups is 1. The number of carbonyl (C=O) groups excluding carboxylic acids is 1. The lowest BCUT2D eigenvalue weighted by molar-refractivity contribution is 0.0600. The Morgan fingerprint density at radius 3 is 2.57 bits per heavy atom. The van der Waals surface area contributed by atoms with Crippen molar-refractivity contribution in [2.45, 2.75) is 20.0 Å². The van der Waals surface area contributed by atoms with Crippen molar-refractivity contribution in [3.63, 3.8) is 0 Å². The van der Waals surface area contributed by atoms with Gasteiger partial charge in [0.25, 0.3) is 0 Å². The van der Waals surface area contributed by atoms with Crippen LogP contribution in [0.25, 0.3) is 0 Å². The fraction of sp³-hybridized carbons (Fsp3) is 0.200. The van der Waals surface area contributed by atoms with Crippen LogP contribution in [0.5, 0.6) is 5.75 Å². The second-order valence-electron chi connectivity index (χ2n) is 5.90. The van der Waals surface area contributed by atoms with Crippen LogP contribution in [0.3, 0.4) is 0 Å². The van der Waals surface area contributed by atoms with E-state index in [1.807, 2.05) is 43.3 Å². The summed E-state index contributed by atoms with van der Waals surface area (Å²) >= 11 is 5.17. The van der Waals surface area contributed by atoms with Gasteiger partial charge in [-0.25, -0.2) is 4.79 Å². The molecule has 1 N–H and O–H groups in total. The van der Waals surface area contributed by atoms with Crippen LogP contribution in [0.15, 0.2) is 53.6 Å². The zero-order valence-corrected chi connectivity index (χ0v) is 16.4. The normalized spacial score (nSPS) is 10.9. The van der Waals surface area contributed by atoms with E-state index >= 15 is 0 Å². The topological polar surface area (TPSA) is 81.5 Å². The van der Waals surface area contributed by atoms with Crippen LogP contribution in [0.2, 0.25) is 0 Å². The van der Waals surface area contributed by atoms with Crippen LogP contribution < -0.4 is 4.74 Å². The lowest BCUT2D eigenvalue weighted by Crippen LogP contribution is -2.02. The molecule has 0 spiro atoms. The van der Waals surface area contributed by atoms with E-state index in [4.69, 9.17) is 17.0 Å². The smallest absolute Gasteiger partial charge is 0.337 e. The molecule has 8 heteroatoms. The SMILES string of the molecule is CCc1n[nH]c(=S)n1/N=C/c1ccc(OCc2ccc(C(=O)OC)cc2)cc1. The van der Waals surface area contributed by atoms with Crippen LogP contribution in [-0.4, -0.2) is 34.2 Å². The molecule has 7 nitrogen and oxygen atoms in total. The molecule has 0 saturated carbocycles. The van der Waals surface area contributed by atoms with Crippen LogP contribution in [0, 0.1) is 4.77 Å². The molecule has 0 atom stereocenters. The van der Waals surface area contributed by atoms with E-state index in [1.165, 1.54) is 7.11 Å². The first-order valence-electron chi connectivity index (χ1n) is 8.71. The van der Waals surface area contributed by atoms with Crippen molar-refractivity contribution in [2.24, 2.45) is 5.10 Å². The molecule has 0 saturated heterocycles. The van der Waals surface area contributed by atoms with E-state index in [1.54, 1.807) is 23.0 Å². The maximum Gasteiger partial charge on any atom is 0.337 e. The van der Waals surface area contributed by atoms with Gasteiger partial charge in [0.15, 0.2) is 5.82 Å². The van der Waals surface area contributed by atoms with Gasteiger partial charge in [-0.1, -0.05) is 19.1 Å². The predicted molar refractivity (Wildman–Crippen MR) is 108 cm³/mol. The summed E-state index contributed by atoms with van der Waals surface area (Å²) in [6.45, 7) is 2.39. The summed E-state index contributed by atoms with van der Waals surface area (Å²) in [5.41, 5.74) is 2.39. The highest BCUT2D eigenvalue weighted by Gasteiger charge is 2.05. The summed E-state index contributed by atoms with van der Waals surface area (Å²) in [7, 11) is 1.36. The van der Waals surface area contributed by atoms with E-state index < -0.39 is 0 Å². The molecule has 3 aromatic rings. The number of H-pyrrole nitrogens is 1. The molecular weight excluding hydrogens is 376 g/mol. The lowest BCUT2D eigenvalue weighted by Gasteiger charge is -2.07. The summed E-state index contributed by atoms with van der Waals surface area (Å²) in [5, 5.41) is 11.2. The van der Waals surface area contributed by atoms with Crippen molar-refractivity contribution in [3.05, 3.63) is 75.8 Å². The minimum atomic E-state index is -0.354. The standard InChI is InChI=1S/C20H20N4O3S/c1-3-18-22-23-20(28)24(18)21-12-14-6-10-17(11-7-14)27-13-15-4-8-16(9-5-15)19(25)26-2/h4-12H,3,13H2,1-2H3,(H,23,28)/b21-12+. The number of ether oxygens (including phenoxy) is 2. The average molecular weight is 396 g/mol. The van der Waals surface area contributed by atoms with Crippen molar-refractivity contribution in [1.29, 1.82) is 0 Å². The fourth-order valence-electron chi connectivity index (χ4n) is 2.47. The van der Waals surface area contributed by atoms with Crippen LogP contribution in [0.1, 0.15) is 34.2 Å². The molecule has 0 fully saturated rings. The van der Waals surface area contributed by atoms with Gasteiger partial charge in [0.1, 0.15) is 12.4 Å². The number of hydrogen-bond donors (Lipinski definition) is 1. The Morgan fingerprint density at radius 1 is 1.21 bits per heavy atom. The van der Waals surface area contributed by atoms with Crippen molar-refractivity contribution < 1.29 is 14.3 Å². The number of aromatic nitrogens is 3. The summed E-state index contributed by atoms with van der Waals surface area (Å²) in [6.07, 6.45) is 2.46. The predicted octanol–water partition coefficient (Wildman–Crippen LogP) is 3.75. The van der Waals surface area contributed by atoms with Gasteiger partial charge >= 0.3 is 5.97 Å². The second-order valence-corrected chi connectivity index (χ2v) is 6.29. The molecule has 1 aromatic heterocycles. The first kappa shape index (κ1) is 19.5. The Morgan fingerprint density at radius 2 is 1.93 bits per heavy atom. The summed E-state index contributed by atoms with van der Waals surface area (Å²) in [5.74, 6) is 1.16. The Bertz CT molecular complexity index is 1020. The zero-order valence-electron chi connectivity index (χ0n) is 15.6. The third-order valence-corrected chi connectivity index (χ3v) is 4.28. The van der Waals surface area contributed by atoms with Gasteiger partial charge < -0.3 is 9.47 Å². The Balaban J connectivity index is 1.60. The fourth-order valence-corrected chi connectivity index (χ4v) is 2.67. The minimum Gasteiger partial charge on any atom is -0.489 e. The van der Waals surface area contributed by atoms with Gasteiger partial charge in [-0.2, -0.15) is 14.9 Å². The highest BCUT2D eigenvalue weighted by molar-refractivity contribution is 7.71. The van der Waals surface area contributed by atoms with Crippen molar-refractivity contribution in [2.75, 3.05) is 7.11 Å². The number of esters is 1. The third-order valence-electron chi connectivity index (χ3n) is 4.02. The number of aryl methyl sites for hydroxylation is 1. The molecule has 0 aliphatic carbocycles. The third kappa shape index (κ3) is 4.72. The number of methoxy groups -OCH3 is 1. The molecule has 0 radical (unpaired) electrons. The number of nitrogens with zero attached hydrogens (tertiary/aromatic N) is 3. The monoisotopic (exact) mass is 396 g/mol. The van der Waals surface area contributed by atoms with Gasteiger partial charge in [0.2, 0.25) is 4.77 Å². The second kappa shape index (κ2) is 9.09. The molecule has 0 aliphatic rings. The molecule has 0 unspecified atom stereocenters. The van der Waals surface area contributed by atoms with Gasteiger partial charge in [-0.15, -0.1) is 0 Å². The molecule has 144 valence electrons. The Labute approximate surface area is 167 Å². The van der Waals surface area contributed by atoms with E-state index in [0.29, 0.717) is 16.9 Å². The number of aromatic amines is 1. The number of hydrogen-bond acceptors (Lipinski definition) is 6. The lowest BCUT2D eigenvalue weighted by atomic mass is 10.1. The molecule has 3 rings (SSSR count). The first-order chi connectivity index (χ1) is 13.6. The average Bonchev–Trinajstić information content (AvgIpc) is 3.10. The van der Waals surface area contributed by atoms with Crippen molar-refractivity contribution >= 4 is 24.4 Å². The van der Waals surface area contributed by atoms with Gasteiger partial charge in [0.05, 0.1) is 18.9 Å². The number of nitrogens with one attached hydrogen (secondary N) is 1. The van der Waals surface area contributed by atoms with Gasteiger partial charge in [-0.05, 0) is 59.7 Å². The number of benzene rings is 2. The van der Waals surface area contributed by atoms with E-state index in [0.717, 1.165) is 29.1 Å². The molecular formula is C20H20N4O3S. The highest BCUT2D eigenvalue weighted by Crippen LogP contribution is 2.14.